The average Bonchev–Trinajstić information content (AvgIpc) is 3.37. The van der Waals surface area contributed by atoms with Crippen LogP contribution in [0.5, 0.6) is 0 Å². The first-order valence-corrected chi connectivity index (χ1v) is 24.1. The minimum absolute atomic E-state index is 0.442. The highest BCUT2D eigenvalue weighted by Gasteiger charge is 1.85. The first kappa shape index (κ1) is 78.4. The Morgan fingerprint density at radius 1 is 0.500 bits per heavy atom. The maximum Gasteiger partial charge on any atom is 0.0510 e. The van der Waals surface area contributed by atoms with Gasteiger partial charge in [0, 0.05) is 47.1 Å². The number of allylic oxidation sites excluding steroid dienone is 5. The molecule has 0 atom stereocenters. The molecule has 0 bridgehead atoms. The van der Waals surface area contributed by atoms with Crippen molar-refractivity contribution in [2.45, 2.75) is 166 Å². The summed E-state index contributed by atoms with van der Waals surface area (Å²) in [6, 6.07) is 29.9. The lowest BCUT2D eigenvalue weighted by molar-refractivity contribution is 0.935. The van der Waals surface area contributed by atoms with Gasteiger partial charge in [-0.25, -0.2) is 0 Å². The minimum Gasteiger partial charge on any atom is -0.120 e. The molecular formula is C59H93N9. The fourth-order valence-electron chi connectivity index (χ4n) is 3.27. The Hall–Kier alpha value is -6.77. The SMILES string of the molecule is C#CCC.C#CCC=CCCC.C#CCc1ccccc1.C=CCC.C=CCc1ccccc1.CCC.CCC.CCC.CCCC=CCCN=[N+]=[N-].CCN=[N+]=[N-].[N-]=[N+]=NCc1ccccc1. The topological polar surface area (TPSA) is 146 Å². The van der Waals surface area contributed by atoms with E-state index in [1.54, 1.807) is 6.92 Å². The van der Waals surface area contributed by atoms with Crippen LogP contribution < -0.4 is 0 Å². The number of rotatable bonds is 15. The summed E-state index contributed by atoms with van der Waals surface area (Å²) >= 11 is 0. The quantitative estimate of drug-likeness (QED) is 0.0357. The van der Waals surface area contributed by atoms with Gasteiger partial charge in [0.25, 0.3) is 0 Å². The van der Waals surface area contributed by atoms with E-state index in [2.05, 4.69) is 154 Å². The Bertz CT molecular complexity index is 1710. The number of unbranched alkanes of at least 4 members (excludes halogenated alkanes) is 2. The molecule has 68 heavy (non-hydrogen) atoms. The number of azide groups is 3. The van der Waals surface area contributed by atoms with Crippen molar-refractivity contribution in [2.24, 2.45) is 15.3 Å². The number of hydrogen-bond donors (Lipinski definition) is 0. The van der Waals surface area contributed by atoms with Gasteiger partial charge in [-0.2, -0.15) is 0 Å². The lowest BCUT2D eigenvalue weighted by atomic mass is 10.2. The summed E-state index contributed by atoms with van der Waals surface area (Å²) in [5, 5.41) is 9.97. The molecule has 0 aliphatic carbocycles. The smallest absolute Gasteiger partial charge is 0.0510 e. The lowest BCUT2D eigenvalue weighted by Gasteiger charge is -1.91. The average molecular weight is 928 g/mol. The highest BCUT2D eigenvalue weighted by Crippen LogP contribution is 2.00. The van der Waals surface area contributed by atoms with Crippen LogP contribution in [0.25, 0.3) is 31.3 Å². The highest BCUT2D eigenvalue weighted by molar-refractivity contribution is 5.19. The number of nitrogens with zero attached hydrogens (tertiary/aromatic N) is 9. The molecule has 0 aromatic heterocycles. The van der Waals surface area contributed by atoms with Gasteiger partial charge in [0.15, 0.2) is 0 Å². The van der Waals surface area contributed by atoms with Crippen molar-refractivity contribution in [3.05, 3.63) is 189 Å². The summed E-state index contributed by atoms with van der Waals surface area (Å²) < 4.78 is 0. The Balaban J connectivity index is -0.0000000999. The van der Waals surface area contributed by atoms with Crippen LogP contribution in [-0.4, -0.2) is 13.1 Å². The van der Waals surface area contributed by atoms with E-state index in [1.807, 2.05) is 104 Å². The van der Waals surface area contributed by atoms with Crippen molar-refractivity contribution >= 4 is 0 Å². The monoisotopic (exact) mass is 928 g/mol. The zero-order valence-corrected chi connectivity index (χ0v) is 44.6. The normalized spacial score (nSPS) is 7.94. The van der Waals surface area contributed by atoms with Crippen molar-refractivity contribution < 1.29 is 0 Å². The lowest BCUT2D eigenvalue weighted by Crippen LogP contribution is -1.76. The zero-order valence-electron chi connectivity index (χ0n) is 44.6. The van der Waals surface area contributed by atoms with E-state index >= 15 is 0 Å². The van der Waals surface area contributed by atoms with Crippen molar-refractivity contribution in [1.29, 1.82) is 0 Å². The van der Waals surface area contributed by atoms with E-state index in [0.717, 1.165) is 56.9 Å². The summed E-state index contributed by atoms with van der Waals surface area (Å²) in [5.41, 5.74) is 27.0. The molecule has 0 aliphatic heterocycles. The van der Waals surface area contributed by atoms with Crippen molar-refractivity contribution in [3.63, 3.8) is 0 Å². The molecule has 9 nitrogen and oxygen atoms in total. The first-order valence-electron chi connectivity index (χ1n) is 24.1. The Labute approximate surface area is 418 Å². The molecule has 0 amide bonds. The summed E-state index contributed by atoms with van der Waals surface area (Å²) in [4.78, 5) is 7.78. The van der Waals surface area contributed by atoms with E-state index in [-0.39, 0.29) is 0 Å². The molecule has 0 heterocycles. The largest absolute Gasteiger partial charge is 0.120 e. The second kappa shape index (κ2) is 90.8. The second-order valence-electron chi connectivity index (χ2n) is 13.3. The van der Waals surface area contributed by atoms with Crippen LogP contribution in [0.4, 0.5) is 0 Å². The van der Waals surface area contributed by atoms with Crippen LogP contribution in [0, 0.1) is 37.0 Å². The third-order valence-corrected chi connectivity index (χ3v) is 6.17. The fourth-order valence-corrected chi connectivity index (χ4v) is 3.27. The van der Waals surface area contributed by atoms with Gasteiger partial charge in [0.1, 0.15) is 0 Å². The van der Waals surface area contributed by atoms with E-state index < -0.39 is 0 Å². The van der Waals surface area contributed by atoms with Crippen LogP contribution in [-0.2, 0) is 19.4 Å². The summed E-state index contributed by atoms with van der Waals surface area (Å²) in [6.07, 6.45) is 40.7. The maximum atomic E-state index is 7.99. The first-order chi connectivity index (χ1) is 33.1. The van der Waals surface area contributed by atoms with Gasteiger partial charge in [-0.05, 0) is 65.4 Å². The van der Waals surface area contributed by atoms with Gasteiger partial charge in [-0.1, -0.05) is 251 Å². The van der Waals surface area contributed by atoms with Crippen molar-refractivity contribution in [1.82, 2.24) is 0 Å². The molecule has 0 spiro atoms. The summed E-state index contributed by atoms with van der Waals surface area (Å²) in [5.74, 6) is 7.55. The van der Waals surface area contributed by atoms with Crippen LogP contribution in [0.15, 0.2) is 156 Å². The molecule has 0 radical (unpaired) electrons. The molecular weight excluding hydrogens is 835 g/mol. The predicted octanol–water partition coefficient (Wildman–Crippen LogP) is 20.4. The molecule has 0 aliphatic rings. The third-order valence-electron chi connectivity index (χ3n) is 6.17. The van der Waals surface area contributed by atoms with Crippen LogP contribution in [0.3, 0.4) is 0 Å². The molecule has 374 valence electrons. The number of hydrogen-bond acceptors (Lipinski definition) is 3. The van der Waals surface area contributed by atoms with E-state index in [0.29, 0.717) is 19.6 Å². The molecule has 0 saturated carbocycles. The van der Waals surface area contributed by atoms with Crippen LogP contribution in [0.1, 0.15) is 163 Å². The highest BCUT2D eigenvalue weighted by atomic mass is 15.1. The van der Waals surface area contributed by atoms with Gasteiger partial charge in [-0.3, -0.25) is 0 Å². The maximum absolute atomic E-state index is 7.99. The number of benzene rings is 3. The van der Waals surface area contributed by atoms with Gasteiger partial charge < -0.3 is 0 Å². The molecule has 3 aromatic rings. The van der Waals surface area contributed by atoms with Gasteiger partial charge >= 0.3 is 0 Å². The summed E-state index contributed by atoms with van der Waals surface area (Å²) in [6.45, 7) is 31.5. The van der Waals surface area contributed by atoms with Gasteiger partial charge in [0.2, 0.25) is 0 Å². The van der Waals surface area contributed by atoms with Crippen LogP contribution >= 0.6 is 0 Å². The third kappa shape index (κ3) is 107. The Morgan fingerprint density at radius 3 is 1.19 bits per heavy atom. The van der Waals surface area contributed by atoms with Crippen molar-refractivity contribution in [2.75, 3.05) is 13.1 Å². The fraction of sp³-hybridized carbons (Fsp3) is 0.458. The molecule has 0 unspecified atom stereocenters. The van der Waals surface area contributed by atoms with E-state index in [9.17, 15) is 0 Å². The molecule has 0 saturated heterocycles. The van der Waals surface area contributed by atoms with E-state index in [1.165, 1.54) is 43.2 Å². The zero-order chi connectivity index (χ0) is 53.3. The Kier molecular flexibility index (Phi) is 105. The Morgan fingerprint density at radius 2 is 0.882 bits per heavy atom. The van der Waals surface area contributed by atoms with E-state index in [4.69, 9.17) is 35.9 Å². The molecule has 3 rings (SSSR count). The van der Waals surface area contributed by atoms with Crippen LogP contribution in [0.2, 0.25) is 0 Å². The number of terminal acetylenes is 3. The molecule has 9 heteroatoms. The minimum atomic E-state index is 0.442. The summed E-state index contributed by atoms with van der Waals surface area (Å²) in [7, 11) is 0. The molecule has 3 aromatic carbocycles. The molecule has 0 N–H and O–H groups in total. The molecule has 0 fully saturated rings. The van der Waals surface area contributed by atoms with Gasteiger partial charge in [0.05, 0.1) is 6.54 Å². The predicted molar refractivity (Wildman–Crippen MR) is 306 cm³/mol. The van der Waals surface area contributed by atoms with Gasteiger partial charge in [-0.15, -0.1) is 50.2 Å². The second-order valence-corrected chi connectivity index (χ2v) is 13.3. The standard InChI is InChI=1S/C9H10.C9H8.C8H12.C7H7N3.C7H13N3.C4H8.C4H6.3C3H8.C2H5N3/c2*1-2-6-9-7-4-3-5-8-9;1-3-5-7-8-6-4-2;8-10-9-6-7-4-2-1-3-5-7;1-2-3-4-5-6-7-9-10-8;2*1-3-4-2;3*1-3-2;1-2-4-5-3/h2-5,7-8H,1,6H2;1,3-5,7-8H,6H2;1,7-8H,4-6H2,2H3;1-5H,6H2;4-5H,2-3,6-7H2,1H3;3H,1,4H2,2H3;1H,4H2,2H3;3*3H2,1-2H3;2H2,1H3. The van der Waals surface area contributed by atoms with Crippen molar-refractivity contribution in [3.8, 4) is 37.0 Å².